The summed E-state index contributed by atoms with van der Waals surface area (Å²) in [5.41, 5.74) is 1.96. The highest BCUT2D eigenvalue weighted by Crippen LogP contribution is 2.39. The van der Waals surface area contributed by atoms with Crippen LogP contribution in [0.2, 0.25) is 0 Å². The van der Waals surface area contributed by atoms with Gasteiger partial charge in [0.05, 0.1) is 6.61 Å². The molecule has 0 fully saturated rings. The SMILES string of the molecule is CCC=CCCOc1cccc2oc(=O)c(OCC=C(C)CCC=C(C)C)c(OC(C)=O)c12. The molecule has 2 rings (SSSR count). The minimum atomic E-state index is -0.711. The zero-order valence-electron chi connectivity index (χ0n) is 20.2. The normalized spacial score (nSPS) is 11.6. The fourth-order valence-corrected chi connectivity index (χ4v) is 3.14. The van der Waals surface area contributed by atoms with Gasteiger partial charge >= 0.3 is 11.6 Å². The van der Waals surface area contributed by atoms with E-state index in [4.69, 9.17) is 18.6 Å². The predicted molar refractivity (Wildman–Crippen MR) is 131 cm³/mol. The van der Waals surface area contributed by atoms with E-state index >= 15 is 0 Å². The van der Waals surface area contributed by atoms with Crippen LogP contribution in [0.5, 0.6) is 17.2 Å². The molecule has 0 aliphatic carbocycles. The molecule has 0 aliphatic heterocycles. The number of carbonyl (C=O) groups is 1. The Kier molecular flexibility index (Phi) is 10.5. The van der Waals surface area contributed by atoms with Gasteiger partial charge in [0.15, 0.2) is 5.75 Å². The standard InChI is InChI=1S/C27H34O6/c1-6-7-8-9-17-30-22-14-11-15-23-24(22)25(32-21(5)28)26(27(29)33-23)31-18-16-20(4)13-10-12-19(2)3/h7-8,11-12,14-16H,6,9-10,13,17-18H2,1-5H3. The molecule has 6 heteroatoms. The molecule has 0 saturated heterocycles. The van der Waals surface area contributed by atoms with E-state index in [0.29, 0.717) is 17.7 Å². The fourth-order valence-electron chi connectivity index (χ4n) is 3.14. The Labute approximate surface area is 195 Å². The summed E-state index contributed by atoms with van der Waals surface area (Å²) in [5.74, 6) is -0.242. The van der Waals surface area contributed by atoms with E-state index in [1.165, 1.54) is 12.5 Å². The molecule has 0 unspecified atom stereocenters. The summed E-state index contributed by atoms with van der Waals surface area (Å²) in [7, 11) is 0. The Bertz CT molecular complexity index is 1080. The number of benzene rings is 1. The Morgan fingerprint density at radius 2 is 1.79 bits per heavy atom. The minimum absolute atomic E-state index is 0.0176. The predicted octanol–water partition coefficient (Wildman–Crippen LogP) is 6.52. The summed E-state index contributed by atoms with van der Waals surface area (Å²) >= 11 is 0. The van der Waals surface area contributed by atoms with Crippen molar-refractivity contribution in [2.45, 2.75) is 60.3 Å². The lowest BCUT2D eigenvalue weighted by atomic mass is 10.1. The lowest BCUT2D eigenvalue weighted by Crippen LogP contribution is -2.13. The summed E-state index contributed by atoms with van der Waals surface area (Å²) in [6, 6.07) is 5.10. The summed E-state index contributed by atoms with van der Waals surface area (Å²) in [6.07, 6.45) is 11.7. The van der Waals surface area contributed by atoms with Crippen LogP contribution in [0.4, 0.5) is 0 Å². The van der Waals surface area contributed by atoms with Gasteiger partial charge < -0.3 is 18.6 Å². The van der Waals surface area contributed by atoms with E-state index in [-0.39, 0.29) is 23.7 Å². The Hall–Kier alpha value is -3.28. The molecule has 0 radical (unpaired) electrons. The molecule has 1 aromatic heterocycles. The third-order valence-corrected chi connectivity index (χ3v) is 4.75. The van der Waals surface area contributed by atoms with Gasteiger partial charge in [-0.3, -0.25) is 4.79 Å². The summed E-state index contributed by atoms with van der Waals surface area (Å²) in [6.45, 7) is 10.1. The third-order valence-electron chi connectivity index (χ3n) is 4.75. The second-order valence-electron chi connectivity index (χ2n) is 7.97. The molecule has 6 nitrogen and oxygen atoms in total. The Balaban J connectivity index is 2.34. The first-order valence-electron chi connectivity index (χ1n) is 11.3. The molecular weight excluding hydrogens is 420 g/mol. The summed E-state index contributed by atoms with van der Waals surface area (Å²) in [4.78, 5) is 24.5. The van der Waals surface area contributed by atoms with Gasteiger partial charge in [0.2, 0.25) is 5.75 Å². The number of allylic oxidation sites excluding steroid dienone is 4. The minimum Gasteiger partial charge on any atom is -0.492 e. The van der Waals surface area contributed by atoms with Crippen LogP contribution in [0.25, 0.3) is 11.0 Å². The topological polar surface area (TPSA) is 75.0 Å². The molecule has 0 N–H and O–H groups in total. The number of fused-ring (bicyclic) bond motifs is 1. The van der Waals surface area contributed by atoms with Crippen molar-refractivity contribution in [3.63, 3.8) is 0 Å². The van der Waals surface area contributed by atoms with Crippen LogP contribution >= 0.6 is 0 Å². The van der Waals surface area contributed by atoms with Gasteiger partial charge in [0, 0.05) is 6.92 Å². The second kappa shape index (κ2) is 13.3. The lowest BCUT2D eigenvalue weighted by molar-refractivity contribution is -0.131. The molecule has 0 atom stereocenters. The third kappa shape index (κ3) is 8.29. The molecule has 0 bridgehead atoms. The average molecular weight is 455 g/mol. The van der Waals surface area contributed by atoms with Crippen molar-refractivity contribution in [3.8, 4) is 17.2 Å². The monoisotopic (exact) mass is 454 g/mol. The van der Waals surface area contributed by atoms with E-state index in [9.17, 15) is 9.59 Å². The van der Waals surface area contributed by atoms with Gasteiger partial charge in [-0.1, -0.05) is 42.4 Å². The summed E-state index contributed by atoms with van der Waals surface area (Å²) in [5, 5.41) is 0.394. The van der Waals surface area contributed by atoms with E-state index in [2.05, 4.69) is 32.9 Å². The van der Waals surface area contributed by atoms with E-state index < -0.39 is 11.6 Å². The van der Waals surface area contributed by atoms with Crippen LogP contribution in [-0.2, 0) is 4.79 Å². The number of hydrogen-bond donors (Lipinski definition) is 0. The van der Waals surface area contributed by atoms with Crippen molar-refractivity contribution in [2.75, 3.05) is 13.2 Å². The first-order valence-corrected chi connectivity index (χ1v) is 11.3. The van der Waals surface area contributed by atoms with Gasteiger partial charge in [-0.25, -0.2) is 4.79 Å². The number of esters is 1. The highest BCUT2D eigenvalue weighted by molar-refractivity contribution is 5.93. The van der Waals surface area contributed by atoms with Crippen LogP contribution in [0.1, 0.15) is 60.3 Å². The summed E-state index contributed by atoms with van der Waals surface area (Å²) < 4.78 is 22.5. The van der Waals surface area contributed by atoms with Gasteiger partial charge in [-0.2, -0.15) is 0 Å². The first-order chi connectivity index (χ1) is 15.8. The van der Waals surface area contributed by atoms with Crippen LogP contribution < -0.4 is 19.8 Å². The van der Waals surface area contributed by atoms with Gasteiger partial charge in [-0.05, 0) is 64.7 Å². The highest BCUT2D eigenvalue weighted by Gasteiger charge is 2.22. The van der Waals surface area contributed by atoms with Crippen molar-refractivity contribution in [2.24, 2.45) is 0 Å². The van der Waals surface area contributed by atoms with Crippen molar-refractivity contribution >= 4 is 16.9 Å². The largest absolute Gasteiger partial charge is 0.492 e. The van der Waals surface area contributed by atoms with Crippen LogP contribution in [-0.4, -0.2) is 19.2 Å². The maximum absolute atomic E-state index is 12.6. The number of hydrogen-bond acceptors (Lipinski definition) is 6. The molecule has 1 aromatic carbocycles. The Morgan fingerprint density at radius 3 is 2.48 bits per heavy atom. The number of rotatable bonds is 12. The number of carbonyl (C=O) groups excluding carboxylic acids is 1. The molecule has 0 amide bonds. The van der Waals surface area contributed by atoms with Crippen LogP contribution in [0.3, 0.4) is 0 Å². The molecule has 2 aromatic rings. The fraction of sp³-hybridized carbons (Fsp3) is 0.407. The van der Waals surface area contributed by atoms with Gasteiger partial charge in [0.25, 0.3) is 0 Å². The molecule has 0 aliphatic rings. The molecule has 178 valence electrons. The van der Waals surface area contributed by atoms with Gasteiger partial charge in [0.1, 0.15) is 23.3 Å². The van der Waals surface area contributed by atoms with E-state index in [0.717, 1.165) is 31.3 Å². The van der Waals surface area contributed by atoms with Gasteiger partial charge in [-0.15, -0.1) is 0 Å². The van der Waals surface area contributed by atoms with Crippen molar-refractivity contribution in [1.82, 2.24) is 0 Å². The number of ether oxygens (including phenoxy) is 3. The zero-order valence-corrected chi connectivity index (χ0v) is 20.2. The lowest BCUT2D eigenvalue weighted by Gasteiger charge is -2.14. The molecule has 0 spiro atoms. The quantitative estimate of drug-likeness (QED) is 0.157. The smallest absolute Gasteiger partial charge is 0.383 e. The van der Waals surface area contributed by atoms with Crippen LogP contribution in [0.15, 0.2) is 62.9 Å². The van der Waals surface area contributed by atoms with E-state index in [1.807, 2.05) is 19.1 Å². The van der Waals surface area contributed by atoms with Crippen molar-refractivity contribution in [1.29, 1.82) is 0 Å². The molecule has 0 saturated carbocycles. The maximum Gasteiger partial charge on any atom is 0.383 e. The van der Waals surface area contributed by atoms with Crippen LogP contribution in [0, 0.1) is 0 Å². The second-order valence-corrected chi connectivity index (χ2v) is 7.97. The Morgan fingerprint density at radius 1 is 1.00 bits per heavy atom. The highest BCUT2D eigenvalue weighted by atomic mass is 16.6. The van der Waals surface area contributed by atoms with Crippen molar-refractivity contribution < 1.29 is 23.4 Å². The average Bonchev–Trinajstić information content (AvgIpc) is 2.74. The zero-order chi connectivity index (χ0) is 24.2. The van der Waals surface area contributed by atoms with E-state index in [1.54, 1.807) is 18.2 Å². The molecule has 33 heavy (non-hydrogen) atoms. The molecular formula is C27H34O6. The molecule has 1 heterocycles. The maximum atomic E-state index is 12.6. The van der Waals surface area contributed by atoms with Crippen molar-refractivity contribution in [3.05, 3.63) is 64.1 Å². The first kappa shape index (κ1) is 26.0.